The quantitative estimate of drug-likeness (QED) is 0.449. The van der Waals surface area contributed by atoms with Gasteiger partial charge in [-0.15, -0.1) is 0 Å². The number of hydrogen-bond acceptors (Lipinski definition) is 7. The van der Waals surface area contributed by atoms with Crippen molar-refractivity contribution in [3.05, 3.63) is 41.1 Å². The molecule has 1 spiro atoms. The number of alkyl halides is 2. The Morgan fingerprint density at radius 2 is 1.90 bits per heavy atom. The predicted molar refractivity (Wildman–Crippen MR) is 136 cm³/mol. The second kappa shape index (κ2) is 9.20. The van der Waals surface area contributed by atoms with Gasteiger partial charge in [-0.1, -0.05) is 5.16 Å². The van der Waals surface area contributed by atoms with Crippen molar-refractivity contribution in [2.75, 3.05) is 6.54 Å². The lowest BCUT2D eigenvalue weighted by Crippen LogP contribution is -2.54. The second-order valence-electron chi connectivity index (χ2n) is 12.0. The molecule has 212 valence electrons. The predicted octanol–water partition coefficient (Wildman–Crippen LogP) is 4.12. The van der Waals surface area contributed by atoms with Gasteiger partial charge in [0, 0.05) is 24.9 Å². The number of halogens is 2. The zero-order valence-corrected chi connectivity index (χ0v) is 22.3. The van der Waals surface area contributed by atoms with E-state index in [0.29, 0.717) is 29.5 Å². The number of rotatable bonds is 7. The molecule has 40 heavy (non-hydrogen) atoms. The van der Waals surface area contributed by atoms with Gasteiger partial charge in [0.2, 0.25) is 5.92 Å². The largest absolute Gasteiger partial charge is 0.342 e. The monoisotopic (exact) mass is 554 g/mol. The zero-order valence-electron chi connectivity index (χ0n) is 22.3. The number of carbonyl (C=O) groups is 2. The molecule has 3 aromatic rings. The van der Waals surface area contributed by atoms with Crippen molar-refractivity contribution < 1.29 is 23.0 Å². The molecule has 3 amide bonds. The third kappa shape index (κ3) is 4.68. The van der Waals surface area contributed by atoms with Crippen LogP contribution < -0.4 is 10.6 Å². The Morgan fingerprint density at radius 3 is 2.55 bits per heavy atom. The number of fused-ring (bicyclic) bond motifs is 1. The first-order valence-electron chi connectivity index (χ1n) is 14.1. The number of aromatic nitrogens is 5. The molecule has 13 heteroatoms. The molecule has 0 bridgehead atoms. The molecule has 0 radical (unpaired) electrons. The fourth-order valence-electron chi connectivity index (χ4n) is 6.40. The average Bonchev–Trinajstić information content (AvgIpc) is 3.81. The Labute approximate surface area is 229 Å². The number of nitrogens with zero attached hydrogens (tertiary/aromatic N) is 6. The molecule has 7 rings (SSSR count). The number of amides is 3. The summed E-state index contributed by atoms with van der Waals surface area (Å²) >= 11 is 0. The highest BCUT2D eigenvalue weighted by Crippen LogP contribution is 2.48. The van der Waals surface area contributed by atoms with Crippen LogP contribution in [0.4, 0.5) is 13.6 Å². The van der Waals surface area contributed by atoms with Crippen LogP contribution in [-0.4, -0.2) is 59.8 Å². The van der Waals surface area contributed by atoms with Gasteiger partial charge in [-0.3, -0.25) is 4.79 Å². The first-order chi connectivity index (χ1) is 19.2. The Bertz CT molecular complexity index is 1450. The minimum Gasteiger partial charge on any atom is -0.342 e. The van der Waals surface area contributed by atoms with Gasteiger partial charge in [0.1, 0.15) is 5.69 Å². The van der Waals surface area contributed by atoms with Gasteiger partial charge in [-0.25, -0.2) is 27.7 Å². The molecule has 3 saturated carbocycles. The van der Waals surface area contributed by atoms with Crippen molar-refractivity contribution in [3.63, 3.8) is 0 Å². The van der Waals surface area contributed by atoms with Gasteiger partial charge < -0.3 is 15.5 Å². The lowest BCUT2D eigenvalue weighted by atomic mass is 9.81. The summed E-state index contributed by atoms with van der Waals surface area (Å²) in [5.74, 6) is -3.05. The molecule has 3 aromatic heterocycles. The maximum absolute atomic E-state index is 14.0. The molecule has 2 atom stereocenters. The van der Waals surface area contributed by atoms with E-state index in [1.54, 1.807) is 23.8 Å². The van der Waals surface area contributed by atoms with Crippen LogP contribution in [0.25, 0.3) is 5.65 Å². The number of imidazole rings is 1. The number of nitrogens with one attached hydrogen (secondary N) is 2. The smallest absolute Gasteiger partial charge is 0.318 e. The topological polar surface area (TPSA) is 131 Å². The van der Waals surface area contributed by atoms with Gasteiger partial charge in [0.25, 0.3) is 5.91 Å². The molecule has 0 aromatic carbocycles. The van der Waals surface area contributed by atoms with Crippen molar-refractivity contribution in [2.24, 2.45) is 11.8 Å². The fraction of sp³-hybridized carbons (Fsp3) is 0.630. The normalized spacial score (nSPS) is 23.7. The third-order valence-electron chi connectivity index (χ3n) is 9.13. The molecule has 2 N–H and O–H groups in total. The van der Waals surface area contributed by atoms with Crippen molar-refractivity contribution in [2.45, 2.75) is 88.3 Å². The molecule has 4 heterocycles. The Balaban J connectivity index is 1.18. The van der Waals surface area contributed by atoms with Gasteiger partial charge in [-0.2, -0.15) is 5.10 Å². The van der Waals surface area contributed by atoms with Crippen LogP contribution in [-0.2, 0) is 0 Å². The van der Waals surface area contributed by atoms with Crippen molar-refractivity contribution in [1.82, 2.24) is 40.4 Å². The van der Waals surface area contributed by atoms with E-state index in [0.717, 1.165) is 37.7 Å². The standard InChI is InChI=1S/C27H32F2N8O3/c1-15-21(35-40-34-15)24(38)32-22(16-4-6-27(28,29)7-5-16)19-14-37-20(31-19)12-18(13-30-37)23(17-2-3-17)36-11-10-26(8-9-26)33-25(36)39/h12-14,16-17,22-23H,2-11H2,1H3,(H,32,38)(H,33,39)/t22-,23+/m0/s1. The van der Waals surface area contributed by atoms with Crippen molar-refractivity contribution >= 4 is 17.6 Å². The van der Waals surface area contributed by atoms with Gasteiger partial charge in [-0.05, 0) is 80.5 Å². The van der Waals surface area contributed by atoms with Crippen LogP contribution >= 0.6 is 0 Å². The molecule has 4 aliphatic rings. The van der Waals surface area contributed by atoms with E-state index in [1.807, 2.05) is 11.0 Å². The Morgan fingerprint density at radius 1 is 1.12 bits per heavy atom. The van der Waals surface area contributed by atoms with Crippen LogP contribution in [0.3, 0.4) is 0 Å². The van der Waals surface area contributed by atoms with Gasteiger partial charge in [0.15, 0.2) is 11.3 Å². The summed E-state index contributed by atoms with van der Waals surface area (Å²) < 4.78 is 34.3. The van der Waals surface area contributed by atoms with Gasteiger partial charge >= 0.3 is 6.03 Å². The second-order valence-corrected chi connectivity index (χ2v) is 12.0. The van der Waals surface area contributed by atoms with E-state index in [9.17, 15) is 18.4 Å². The van der Waals surface area contributed by atoms with E-state index >= 15 is 0 Å². The molecule has 11 nitrogen and oxygen atoms in total. The molecule has 0 unspecified atom stereocenters. The molecular weight excluding hydrogens is 522 g/mol. The molecule has 1 aliphatic heterocycles. The summed E-state index contributed by atoms with van der Waals surface area (Å²) in [7, 11) is 0. The summed E-state index contributed by atoms with van der Waals surface area (Å²) in [5.41, 5.74) is 2.44. The highest BCUT2D eigenvalue weighted by atomic mass is 19.3. The van der Waals surface area contributed by atoms with E-state index in [4.69, 9.17) is 4.98 Å². The Hall–Kier alpha value is -3.64. The number of aryl methyl sites for hydroxylation is 1. The lowest BCUT2D eigenvalue weighted by molar-refractivity contribution is -0.0495. The number of hydrogen-bond donors (Lipinski definition) is 2. The van der Waals surface area contributed by atoms with E-state index in [-0.39, 0.29) is 54.9 Å². The van der Waals surface area contributed by atoms with E-state index in [2.05, 4.69) is 30.7 Å². The van der Waals surface area contributed by atoms with Crippen LogP contribution in [0.2, 0.25) is 0 Å². The summed E-state index contributed by atoms with van der Waals surface area (Å²) in [6.45, 7) is 2.33. The number of carbonyl (C=O) groups excluding carboxylic acids is 2. The van der Waals surface area contributed by atoms with E-state index < -0.39 is 17.9 Å². The Kier molecular flexibility index (Phi) is 5.83. The molecule has 3 aliphatic carbocycles. The maximum Gasteiger partial charge on any atom is 0.318 e. The lowest BCUT2D eigenvalue weighted by Gasteiger charge is -2.38. The fourth-order valence-corrected chi connectivity index (χ4v) is 6.40. The zero-order chi connectivity index (χ0) is 27.6. The first-order valence-corrected chi connectivity index (χ1v) is 14.1. The van der Waals surface area contributed by atoms with Crippen molar-refractivity contribution in [1.29, 1.82) is 0 Å². The first kappa shape index (κ1) is 25.3. The average molecular weight is 555 g/mol. The molecule has 4 fully saturated rings. The minimum absolute atomic E-state index is 0.00495. The summed E-state index contributed by atoms with van der Waals surface area (Å²) in [6.07, 6.45) is 8.69. The number of urea groups is 1. The van der Waals surface area contributed by atoms with Crippen LogP contribution in [0, 0.1) is 18.8 Å². The van der Waals surface area contributed by atoms with Crippen molar-refractivity contribution in [3.8, 4) is 0 Å². The third-order valence-corrected chi connectivity index (χ3v) is 9.13. The van der Waals surface area contributed by atoms with Crippen LogP contribution in [0.5, 0.6) is 0 Å². The van der Waals surface area contributed by atoms with Crippen LogP contribution in [0.15, 0.2) is 23.1 Å². The van der Waals surface area contributed by atoms with Gasteiger partial charge in [0.05, 0.1) is 30.2 Å². The van der Waals surface area contributed by atoms with E-state index in [1.165, 1.54) is 0 Å². The highest BCUT2D eigenvalue weighted by molar-refractivity contribution is 5.93. The SMILES string of the molecule is Cc1nonc1C(=O)N[C@H](c1cn2ncc([C@@H](C3CC3)N3CCC4(CC4)NC3=O)cc2n1)C1CCC(F)(F)CC1. The summed E-state index contributed by atoms with van der Waals surface area (Å²) in [5, 5.41) is 18.2. The molecular formula is C27H32F2N8O3. The summed E-state index contributed by atoms with van der Waals surface area (Å²) in [6, 6.07) is 1.24. The maximum atomic E-state index is 14.0. The minimum atomic E-state index is -2.70. The molecule has 1 saturated heterocycles. The van der Waals surface area contributed by atoms with Crippen LogP contribution in [0.1, 0.15) is 97.3 Å². The highest BCUT2D eigenvalue weighted by Gasteiger charge is 2.50. The summed E-state index contributed by atoms with van der Waals surface area (Å²) in [4.78, 5) is 32.9.